The minimum Gasteiger partial charge on any atom is -0.496 e. The molecular formula is C26H32N2O3. The molecule has 1 aromatic heterocycles. The average Bonchev–Trinajstić information content (AvgIpc) is 3.27. The molecule has 0 unspecified atom stereocenters. The first-order chi connectivity index (χ1) is 14.7. The molecule has 1 aliphatic rings. The highest BCUT2D eigenvalue weighted by Crippen LogP contribution is 2.42. The predicted octanol–water partition coefficient (Wildman–Crippen LogP) is 6.14. The summed E-state index contributed by atoms with van der Waals surface area (Å²) in [5, 5.41) is 7.06. The third-order valence-corrected chi connectivity index (χ3v) is 5.45. The molecule has 0 saturated heterocycles. The third kappa shape index (κ3) is 5.18. The van der Waals surface area contributed by atoms with Crippen molar-refractivity contribution in [1.82, 2.24) is 10.2 Å². The summed E-state index contributed by atoms with van der Waals surface area (Å²) >= 11 is 0. The number of rotatable bonds is 7. The summed E-state index contributed by atoms with van der Waals surface area (Å²) in [6, 6.07) is 5.84. The highest BCUT2D eigenvalue weighted by molar-refractivity contribution is 6.02. The van der Waals surface area contributed by atoms with Crippen molar-refractivity contribution >= 4 is 11.4 Å². The van der Waals surface area contributed by atoms with Crippen LogP contribution in [0.15, 0.2) is 47.3 Å². The zero-order valence-electron chi connectivity index (χ0n) is 19.4. The lowest BCUT2D eigenvalue weighted by Gasteiger charge is -2.25. The number of ether oxygens (including phenoxy) is 2. The van der Waals surface area contributed by atoms with Crippen molar-refractivity contribution in [2.45, 2.75) is 53.9 Å². The molecule has 0 radical (unpaired) electrons. The molecule has 0 amide bonds. The van der Waals surface area contributed by atoms with Gasteiger partial charge < -0.3 is 9.47 Å². The molecule has 2 aromatic rings. The number of H-pyrrole nitrogens is 1. The zero-order valence-corrected chi connectivity index (χ0v) is 19.4. The summed E-state index contributed by atoms with van der Waals surface area (Å²) in [5.41, 5.74) is 8.64. The fraction of sp³-hybridized carbons (Fsp3) is 0.423. The number of benzene rings is 1. The molecule has 2 heterocycles. The number of allylic oxidation sites excluding steroid dienone is 1. The van der Waals surface area contributed by atoms with E-state index in [4.69, 9.17) is 9.47 Å². The molecule has 3 rings (SSSR count). The lowest BCUT2D eigenvalue weighted by Crippen LogP contribution is -2.18. The number of methoxy groups -OCH3 is 1. The minimum absolute atomic E-state index is 0.101. The van der Waals surface area contributed by atoms with E-state index in [0.29, 0.717) is 24.4 Å². The van der Waals surface area contributed by atoms with Crippen LogP contribution in [0, 0.1) is 5.41 Å². The molecular weight excluding hydrogens is 388 g/mol. The number of carbonyl (C=O) groups is 1. The molecule has 0 saturated carbocycles. The van der Waals surface area contributed by atoms with Gasteiger partial charge in [0.15, 0.2) is 5.78 Å². The first-order valence-electron chi connectivity index (χ1n) is 10.8. The smallest absolute Gasteiger partial charge is 0.171 e. The number of hydrogen-bond donors (Lipinski definition) is 1. The third-order valence-electron chi connectivity index (χ3n) is 5.45. The number of nitrogens with one attached hydrogen (secondary N) is 1. The number of nitrogens with zero attached hydrogens (tertiary/aromatic N) is 1. The van der Waals surface area contributed by atoms with Gasteiger partial charge in [-0.15, -0.1) is 5.73 Å². The number of hydrogen-bond acceptors (Lipinski definition) is 4. The number of Topliss-reactive ketones (excluding diaryl/α,β-unsaturated/α-hetero) is 1. The molecule has 0 fully saturated rings. The van der Waals surface area contributed by atoms with Crippen LogP contribution in [0.5, 0.6) is 11.5 Å². The van der Waals surface area contributed by atoms with Crippen LogP contribution in [0.1, 0.15) is 59.4 Å². The van der Waals surface area contributed by atoms with Gasteiger partial charge in [0.25, 0.3) is 0 Å². The van der Waals surface area contributed by atoms with Crippen molar-refractivity contribution in [2.24, 2.45) is 5.41 Å². The van der Waals surface area contributed by atoms with Gasteiger partial charge in [-0.25, -0.2) is 0 Å². The monoisotopic (exact) mass is 420 g/mol. The fourth-order valence-corrected chi connectivity index (χ4v) is 3.59. The summed E-state index contributed by atoms with van der Waals surface area (Å²) in [5.74, 6) is 1.58. The highest BCUT2D eigenvalue weighted by atomic mass is 16.5. The van der Waals surface area contributed by atoms with Crippen molar-refractivity contribution in [3.8, 4) is 22.8 Å². The maximum Gasteiger partial charge on any atom is 0.171 e. The van der Waals surface area contributed by atoms with Crippen LogP contribution in [0.25, 0.3) is 16.8 Å². The molecule has 0 aliphatic carbocycles. The van der Waals surface area contributed by atoms with E-state index < -0.39 is 0 Å². The Hall–Kier alpha value is -3.04. The first kappa shape index (κ1) is 22.6. The average molecular weight is 421 g/mol. The van der Waals surface area contributed by atoms with Crippen molar-refractivity contribution in [3.63, 3.8) is 0 Å². The van der Waals surface area contributed by atoms with E-state index in [1.165, 1.54) is 0 Å². The quantitative estimate of drug-likeness (QED) is 0.432. The Labute approximate surface area is 184 Å². The number of aromatic amines is 1. The van der Waals surface area contributed by atoms with E-state index in [1.54, 1.807) is 13.3 Å². The Morgan fingerprint density at radius 2 is 2.10 bits per heavy atom. The minimum atomic E-state index is 0.101. The highest BCUT2D eigenvalue weighted by Gasteiger charge is 2.26. The second-order valence-corrected chi connectivity index (χ2v) is 9.03. The normalized spacial score (nSPS) is 13.2. The lowest BCUT2D eigenvalue weighted by atomic mass is 9.85. The Morgan fingerprint density at radius 3 is 2.71 bits per heavy atom. The number of ketones is 1. The van der Waals surface area contributed by atoms with Crippen molar-refractivity contribution in [1.29, 1.82) is 0 Å². The van der Waals surface area contributed by atoms with Crippen LogP contribution < -0.4 is 9.47 Å². The zero-order chi connectivity index (χ0) is 22.6. The molecule has 31 heavy (non-hydrogen) atoms. The predicted molar refractivity (Wildman–Crippen MR) is 124 cm³/mol. The van der Waals surface area contributed by atoms with Gasteiger partial charge in [-0.2, -0.15) is 5.10 Å². The van der Waals surface area contributed by atoms with Crippen LogP contribution in [-0.4, -0.2) is 29.7 Å². The topological polar surface area (TPSA) is 64.2 Å². The van der Waals surface area contributed by atoms with Crippen LogP contribution in [-0.2, 0) is 4.79 Å². The molecule has 5 heteroatoms. The van der Waals surface area contributed by atoms with Gasteiger partial charge in [0, 0.05) is 35.4 Å². The second kappa shape index (κ2) is 9.40. The number of fused-ring (bicyclic) bond motifs is 1. The Bertz CT molecular complexity index is 1050. The molecule has 0 spiro atoms. The molecule has 0 atom stereocenters. The Morgan fingerprint density at radius 1 is 1.32 bits per heavy atom. The molecule has 0 bridgehead atoms. The lowest BCUT2D eigenvalue weighted by molar-refractivity contribution is -0.115. The van der Waals surface area contributed by atoms with Crippen LogP contribution in [0.4, 0.5) is 0 Å². The summed E-state index contributed by atoms with van der Waals surface area (Å²) in [6.45, 7) is 10.9. The van der Waals surface area contributed by atoms with E-state index in [0.717, 1.165) is 46.6 Å². The molecule has 1 aromatic carbocycles. The number of aromatic nitrogens is 2. The fourth-order valence-electron chi connectivity index (χ4n) is 3.59. The second-order valence-electron chi connectivity index (χ2n) is 9.03. The molecule has 164 valence electrons. The van der Waals surface area contributed by atoms with Gasteiger partial charge >= 0.3 is 0 Å². The van der Waals surface area contributed by atoms with Crippen molar-refractivity contribution in [2.75, 3.05) is 13.7 Å². The molecule has 1 N–H and O–H groups in total. The van der Waals surface area contributed by atoms with Gasteiger partial charge in [-0.3, -0.25) is 9.89 Å². The van der Waals surface area contributed by atoms with Gasteiger partial charge in [0.1, 0.15) is 18.1 Å². The van der Waals surface area contributed by atoms with Crippen LogP contribution in [0.3, 0.4) is 0 Å². The largest absolute Gasteiger partial charge is 0.496 e. The van der Waals surface area contributed by atoms with Crippen molar-refractivity contribution in [3.05, 3.63) is 52.9 Å². The summed E-state index contributed by atoms with van der Waals surface area (Å²) in [7, 11) is 1.64. The molecule has 1 aliphatic heterocycles. The maximum absolute atomic E-state index is 13.2. The Balaban J connectivity index is 2.08. The standard InChI is InChI=1S/C26H32N2O3/c1-7-8-9-18(23(29)10-12-26(3,4)5)21-16-31-25-15-24(30-6)20(14-19(25)17(21)2)22-11-13-27-28-22/h8,11,13-15H,7,10,12,16H2,1-6H3,(H,27,28). The summed E-state index contributed by atoms with van der Waals surface area (Å²) in [6.07, 6.45) is 5.78. The number of carbonyl (C=O) groups excluding carboxylic acids is 1. The van der Waals surface area contributed by atoms with E-state index in [1.807, 2.05) is 38.1 Å². The SMILES string of the molecule is CCC=C=C(C(=O)CCC(C)(C)C)C1=C(C)c2cc(-c3ccn[nH]3)c(OC)cc2OC1. The van der Waals surface area contributed by atoms with Crippen LogP contribution in [0.2, 0.25) is 0 Å². The van der Waals surface area contributed by atoms with E-state index in [9.17, 15) is 4.79 Å². The van der Waals surface area contributed by atoms with Gasteiger partial charge in [-0.05, 0) is 49.0 Å². The summed E-state index contributed by atoms with van der Waals surface area (Å²) in [4.78, 5) is 13.2. The van der Waals surface area contributed by atoms with Crippen LogP contribution >= 0.6 is 0 Å². The van der Waals surface area contributed by atoms with Gasteiger partial charge in [0.05, 0.1) is 18.4 Å². The first-order valence-corrected chi connectivity index (χ1v) is 10.8. The van der Waals surface area contributed by atoms with Gasteiger partial charge in [-0.1, -0.05) is 27.7 Å². The maximum atomic E-state index is 13.2. The van der Waals surface area contributed by atoms with Crippen molar-refractivity contribution < 1.29 is 14.3 Å². The molecule has 5 nitrogen and oxygen atoms in total. The Kier molecular flexibility index (Phi) is 6.87. The van der Waals surface area contributed by atoms with E-state index in [-0.39, 0.29) is 11.2 Å². The van der Waals surface area contributed by atoms with E-state index >= 15 is 0 Å². The van der Waals surface area contributed by atoms with Gasteiger partial charge in [0.2, 0.25) is 0 Å². The summed E-state index contributed by atoms with van der Waals surface area (Å²) < 4.78 is 11.7. The van der Waals surface area contributed by atoms with E-state index in [2.05, 4.69) is 36.7 Å².